The highest BCUT2D eigenvalue weighted by atomic mass is 127. The Balaban J connectivity index is 3.69. The molecule has 1 aliphatic rings. The lowest BCUT2D eigenvalue weighted by molar-refractivity contribution is -0.476. The molecule has 0 aromatic carbocycles. The molecule has 0 radical (unpaired) electrons. The molecule has 0 bridgehead atoms. The Morgan fingerprint density at radius 2 is 1.04 bits per heavy atom. The number of allylic oxidation sites excluding steroid dienone is 2. The van der Waals surface area contributed by atoms with Crippen LogP contribution in [0.1, 0.15) is 12.8 Å². The van der Waals surface area contributed by atoms with Crippen molar-refractivity contribution in [2.45, 2.75) is 48.1 Å². The minimum absolute atomic E-state index is 0.328. The van der Waals surface area contributed by atoms with Crippen molar-refractivity contribution in [1.29, 1.82) is 0 Å². The molecule has 1 rings (SSSR count). The number of alkyl halides is 11. The first-order valence-corrected chi connectivity index (χ1v) is 7.09. The molecule has 0 aromatic heterocycles. The van der Waals surface area contributed by atoms with Gasteiger partial charge in [0, 0.05) is 6.61 Å². The van der Waals surface area contributed by atoms with Gasteiger partial charge in [-0.15, -0.1) is 0 Å². The third-order valence-corrected chi connectivity index (χ3v) is 4.27. The van der Waals surface area contributed by atoms with Crippen LogP contribution in [0.25, 0.3) is 0 Å². The summed E-state index contributed by atoms with van der Waals surface area (Å²) >= 11 is 0.909. The maximum Gasteiger partial charge on any atom is 0.384 e. The van der Waals surface area contributed by atoms with Crippen LogP contribution in [0.2, 0.25) is 0 Å². The molecule has 0 aromatic rings. The van der Waals surface area contributed by atoms with Gasteiger partial charge in [-0.2, -0.15) is 43.9 Å². The van der Waals surface area contributed by atoms with Gasteiger partial charge in [-0.25, -0.2) is 4.39 Å². The molecule has 0 saturated heterocycles. The second-order valence-electron chi connectivity index (χ2n) is 5.00. The SMILES string of the molecule is OCCCC(I)=CC1(F)C(F)(F)C(F)(F)C(F)(F)C(F)(F)C1(F)F. The molecule has 1 N–H and O–H groups in total. The van der Waals surface area contributed by atoms with Crippen molar-refractivity contribution in [3.63, 3.8) is 0 Å². The van der Waals surface area contributed by atoms with Crippen molar-refractivity contribution in [2.75, 3.05) is 6.61 Å². The van der Waals surface area contributed by atoms with Gasteiger partial charge >= 0.3 is 29.6 Å². The molecule has 142 valence electrons. The molecule has 24 heavy (non-hydrogen) atoms. The summed E-state index contributed by atoms with van der Waals surface area (Å²) in [5.74, 6) is -35.1. The van der Waals surface area contributed by atoms with Gasteiger partial charge in [-0.1, -0.05) is 0 Å². The van der Waals surface area contributed by atoms with E-state index in [9.17, 15) is 48.3 Å². The lowest BCUT2D eigenvalue weighted by Gasteiger charge is -2.51. The zero-order valence-electron chi connectivity index (χ0n) is 11.2. The normalized spacial score (nSPS) is 29.3. The lowest BCUT2D eigenvalue weighted by atomic mass is 9.72. The summed E-state index contributed by atoms with van der Waals surface area (Å²) in [5, 5.41) is 8.47. The molecule has 13 heteroatoms. The third kappa shape index (κ3) is 2.35. The predicted molar refractivity (Wildman–Crippen MR) is 67.0 cm³/mol. The Hall–Kier alpha value is -0.340. The number of aliphatic hydroxyl groups excluding tert-OH is 1. The molecule has 1 saturated carbocycles. The quantitative estimate of drug-likeness (QED) is 0.434. The summed E-state index contributed by atoms with van der Waals surface area (Å²) in [7, 11) is 0. The number of halogens is 12. The van der Waals surface area contributed by atoms with Gasteiger partial charge in [-0.3, -0.25) is 0 Å². The number of hydrogen-bond donors (Lipinski definition) is 1. The summed E-state index contributed by atoms with van der Waals surface area (Å²) < 4.78 is 146. The Bertz CT molecular complexity index is 498. The van der Waals surface area contributed by atoms with E-state index in [1.165, 1.54) is 0 Å². The van der Waals surface area contributed by atoms with Crippen molar-refractivity contribution in [2.24, 2.45) is 0 Å². The average molecular weight is 492 g/mol. The Morgan fingerprint density at radius 1 is 0.708 bits per heavy atom. The van der Waals surface area contributed by atoms with Gasteiger partial charge in [0.05, 0.1) is 0 Å². The van der Waals surface area contributed by atoms with Gasteiger partial charge in [0.25, 0.3) is 5.67 Å². The molecule has 1 fully saturated rings. The van der Waals surface area contributed by atoms with E-state index < -0.39 is 58.0 Å². The van der Waals surface area contributed by atoms with Crippen LogP contribution in [0.4, 0.5) is 48.3 Å². The molecule has 0 amide bonds. The smallest absolute Gasteiger partial charge is 0.384 e. The van der Waals surface area contributed by atoms with Crippen LogP contribution in [0, 0.1) is 0 Å². The maximum absolute atomic E-state index is 14.2. The van der Waals surface area contributed by atoms with Crippen LogP contribution >= 0.6 is 22.6 Å². The fourth-order valence-corrected chi connectivity index (χ4v) is 2.77. The van der Waals surface area contributed by atoms with Crippen LogP contribution in [-0.2, 0) is 0 Å². The minimum atomic E-state index is -7.20. The third-order valence-electron chi connectivity index (χ3n) is 3.42. The predicted octanol–water partition coefficient (Wildman–Crippen LogP) is 4.98. The Labute approximate surface area is 141 Å². The Morgan fingerprint density at radius 3 is 1.38 bits per heavy atom. The molecule has 0 atom stereocenters. The topological polar surface area (TPSA) is 20.2 Å². The molecule has 1 nitrogen and oxygen atoms in total. The van der Waals surface area contributed by atoms with E-state index in [1.807, 2.05) is 0 Å². The van der Waals surface area contributed by atoms with E-state index in [0.717, 1.165) is 22.6 Å². The molecule has 1 aliphatic carbocycles. The largest absolute Gasteiger partial charge is 0.396 e. The van der Waals surface area contributed by atoms with Crippen LogP contribution in [-0.4, -0.2) is 47.0 Å². The van der Waals surface area contributed by atoms with E-state index in [0.29, 0.717) is 0 Å². The zero-order chi connectivity index (χ0) is 19.4. The lowest BCUT2D eigenvalue weighted by Crippen LogP contribution is -2.83. The van der Waals surface area contributed by atoms with Crippen molar-refractivity contribution in [3.05, 3.63) is 9.66 Å². The monoisotopic (exact) mass is 492 g/mol. The van der Waals surface area contributed by atoms with E-state index in [2.05, 4.69) is 0 Å². The van der Waals surface area contributed by atoms with Gasteiger partial charge in [0.2, 0.25) is 0 Å². The van der Waals surface area contributed by atoms with E-state index in [1.54, 1.807) is 0 Å². The molecular weight excluding hydrogens is 484 g/mol. The van der Waals surface area contributed by atoms with Crippen molar-refractivity contribution >= 4 is 22.6 Å². The summed E-state index contributed by atoms with van der Waals surface area (Å²) in [5.41, 5.74) is -6.08. The Kier molecular flexibility index (Phi) is 5.28. The second-order valence-corrected chi connectivity index (χ2v) is 6.39. The standard InChI is InChI=1S/C11H8F11IO/c12-6(4-5(23)2-1-3-24)7(13,14)9(17,18)11(21,22)10(19,20)8(6,15)16/h4,24H,1-3H2. The van der Waals surface area contributed by atoms with Crippen LogP contribution in [0.3, 0.4) is 0 Å². The van der Waals surface area contributed by atoms with Crippen molar-refractivity contribution < 1.29 is 53.4 Å². The fraction of sp³-hybridized carbons (Fsp3) is 0.818. The highest BCUT2D eigenvalue weighted by molar-refractivity contribution is 14.1. The average Bonchev–Trinajstić information content (AvgIpc) is 2.42. The van der Waals surface area contributed by atoms with Crippen molar-refractivity contribution in [3.8, 4) is 0 Å². The molecule has 0 aliphatic heterocycles. The van der Waals surface area contributed by atoms with Gasteiger partial charge in [-0.05, 0) is 45.1 Å². The molecule has 0 unspecified atom stereocenters. The van der Waals surface area contributed by atoms with Crippen LogP contribution < -0.4 is 0 Å². The van der Waals surface area contributed by atoms with Gasteiger partial charge < -0.3 is 5.11 Å². The summed E-state index contributed by atoms with van der Waals surface area (Å²) in [6.07, 6.45) is -1.85. The first-order valence-electron chi connectivity index (χ1n) is 6.01. The summed E-state index contributed by atoms with van der Waals surface area (Å²) in [4.78, 5) is 0. The van der Waals surface area contributed by atoms with E-state index in [-0.39, 0.29) is 6.42 Å². The second kappa shape index (κ2) is 5.84. The van der Waals surface area contributed by atoms with E-state index in [4.69, 9.17) is 5.11 Å². The summed E-state index contributed by atoms with van der Waals surface area (Å²) in [6, 6.07) is 0. The highest BCUT2D eigenvalue weighted by Crippen LogP contribution is 2.69. The van der Waals surface area contributed by atoms with E-state index >= 15 is 0 Å². The van der Waals surface area contributed by atoms with Crippen LogP contribution in [0.5, 0.6) is 0 Å². The van der Waals surface area contributed by atoms with Gasteiger partial charge in [0.1, 0.15) is 0 Å². The number of aliphatic hydroxyl groups is 1. The van der Waals surface area contributed by atoms with Crippen molar-refractivity contribution in [1.82, 2.24) is 0 Å². The number of rotatable bonds is 4. The van der Waals surface area contributed by atoms with Crippen LogP contribution in [0.15, 0.2) is 9.66 Å². The minimum Gasteiger partial charge on any atom is -0.396 e. The highest BCUT2D eigenvalue weighted by Gasteiger charge is 3.00. The fourth-order valence-electron chi connectivity index (χ4n) is 1.96. The first-order chi connectivity index (χ1) is 10.5. The van der Waals surface area contributed by atoms with Gasteiger partial charge in [0.15, 0.2) is 0 Å². The zero-order valence-corrected chi connectivity index (χ0v) is 13.3. The first kappa shape index (κ1) is 21.7. The molecule has 0 spiro atoms. The molecule has 0 heterocycles. The molecular formula is C11H8F11IO. The number of hydrogen-bond acceptors (Lipinski definition) is 1. The summed E-state index contributed by atoms with van der Waals surface area (Å²) in [6.45, 7) is -0.642. The maximum atomic E-state index is 14.2.